The number of nitrogens with one attached hydrogen (secondary N) is 2. The third-order valence-electron chi connectivity index (χ3n) is 4.59. The second-order valence-electron chi connectivity index (χ2n) is 6.23. The highest BCUT2D eigenvalue weighted by atomic mass is 32.2. The largest absolute Gasteiger partial charge is 0.480 e. The van der Waals surface area contributed by atoms with Crippen LogP contribution < -0.4 is 10.0 Å². The standard InChI is InChI=1S/C17H26N2O5S/c1-9-10(2)12(4)16(13(5)11(9)3)25(23,24)18-8-7-15(20)19-14(6)17(21)22/h14,18H,7-8H2,1-6H3,(H,19,20)(H,21,22)/t14-/m0/s1. The average Bonchev–Trinajstić information content (AvgIpc) is 2.50. The van der Waals surface area contributed by atoms with Gasteiger partial charge in [-0.3, -0.25) is 9.59 Å². The Kier molecular flexibility index (Phi) is 6.73. The van der Waals surface area contributed by atoms with E-state index in [-0.39, 0.29) is 17.9 Å². The lowest BCUT2D eigenvalue weighted by atomic mass is 9.95. The van der Waals surface area contributed by atoms with Crippen molar-refractivity contribution in [1.82, 2.24) is 10.0 Å². The van der Waals surface area contributed by atoms with E-state index in [4.69, 9.17) is 5.11 Å². The molecule has 1 atom stereocenters. The molecule has 0 saturated heterocycles. The van der Waals surface area contributed by atoms with Crippen LogP contribution in [0.25, 0.3) is 0 Å². The minimum atomic E-state index is -3.77. The van der Waals surface area contributed by atoms with Crippen molar-refractivity contribution in [2.45, 2.75) is 58.9 Å². The minimum Gasteiger partial charge on any atom is -0.480 e. The van der Waals surface area contributed by atoms with Gasteiger partial charge < -0.3 is 10.4 Å². The van der Waals surface area contributed by atoms with E-state index in [1.54, 1.807) is 13.8 Å². The van der Waals surface area contributed by atoms with E-state index in [1.807, 2.05) is 20.8 Å². The van der Waals surface area contributed by atoms with Gasteiger partial charge in [0.05, 0.1) is 4.90 Å². The Hall–Kier alpha value is -1.93. The maximum atomic E-state index is 12.7. The van der Waals surface area contributed by atoms with Gasteiger partial charge in [0.25, 0.3) is 0 Å². The molecule has 0 spiro atoms. The summed E-state index contributed by atoms with van der Waals surface area (Å²) in [6.07, 6.45) is -0.140. The quantitative estimate of drug-likeness (QED) is 0.673. The molecule has 0 saturated carbocycles. The first-order valence-electron chi connectivity index (χ1n) is 7.99. The van der Waals surface area contributed by atoms with Crippen molar-refractivity contribution < 1.29 is 23.1 Å². The number of benzene rings is 1. The molecule has 0 aliphatic carbocycles. The topological polar surface area (TPSA) is 113 Å². The molecule has 0 bridgehead atoms. The van der Waals surface area contributed by atoms with Gasteiger partial charge in [-0.05, 0) is 69.4 Å². The van der Waals surface area contributed by atoms with Crippen LogP contribution >= 0.6 is 0 Å². The number of hydrogen-bond donors (Lipinski definition) is 3. The first-order chi connectivity index (χ1) is 11.4. The van der Waals surface area contributed by atoms with E-state index in [1.165, 1.54) is 6.92 Å². The summed E-state index contributed by atoms with van der Waals surface area (Å²) in [5.74, 6) is -1.67. The summed E-state index contributed by atoms with van der Waals surface area (Å²) in [5.41, 5.74) is 4.30. The molecule has 1 amide bonds. The number of aliphatic carboxylic acids is 1. The molecule has 0 radical (unpaired) electrons. The zero-order valence-electron chi connectivity index (χ0n) is 15.5. The van der Waals surface area contributed by atoms with Crippen LogP contribution in [0.2, 0.25) is 0 Å². The predicted molar refractivity (Wildman–Crippen MR) is 95.2 cm³/mol. The molecule has 25 heavy (non-hydrogen) atoms. The van der Waals surface area contributed by atoms with E-state index in [0.29, 0.717) is 11.1 Å². The molecule has 1 aromatic rings. The van der Waals surface area contributed by atoms with Gasteiger partial charge in [-0.25, -0.2) is 13.1 Å². The van der Waals surface area contributed by atoms with Crippen LogP contribution in [0.3, 0.4) is 0 Å². The molecule has 1 rings (SSSR count). The molecule has 0 heterocycles. The molecular formula is C17H26N2O5S. The number of carboxylic acid groups (broad SMARTS) is 1. The summed E-state index contributed by atoms with van der Waals surface area (Å²) in [7, 11) is -3.77. The number of rotatable bonds is 7. The minimum absolute atomic E-state index is 0.106. The molecule has 8 heteroatoms. The second kappa shape index (κ2) is 7.97. The molecule has 140 valence electrons. The summed E-state index contributed by atoms with van der Waals surface area (Å²) in [6, 6.07) is -1.02. The molecule has 1 aromatic carbocycles. The van der Waals surface area contributed by atoms with Gasteiger partial charge in [0.15, 0.2) is 0 Å². The lowest BCUT2D eigenvalue weighted by Crippen LogP contribution is -2.40. The Bertz CT molecular complexity index is 771. The second-order valence-corrected chi connectivity index (χ2v) is 7.93. The summed E-state index contributed by atoms with van der Waals surface area (Å²) >= 11 is 0. The van der Waals surface area contributed by atoms with E-state index in [0.717, 1.165) is 16.7 Å². The van der Waals surface area contributed by atoms with E-state index < -0.39 is 27.9 Å². The Balaban J connectivity index is 2.91. The van der Waals surface area contributed by atoms with Crippen LogP contribution in [0, 0.1) is 34.6 Å². The Labute approximate surface area is 148 Å². The van der Waals surface area contributed by atoms with Gasteiger partial charge in [0, 0.05) is 13.0 Å². The highest BCUT2D eigenvalue weighted by Gasteiger charge is 2.23. The molecule has 0 fully saturated rings. The molecule has 7 nitrogen and oxygen atoms in total. The normalized spacial score (nSPS) is 12.7. The first-order valence-corrected chi connectivity index (χ1v) is 9.47. The smallest absolute Gasteiger partial charge is 0.325 e. The Morgan fingerprint density at radius 3 is 1.84 bits per heavy atom. The van der Waals surface area contributed by atoms with Crippen LogP contribution in [0.5, 0.6) is 0 Å². The van der Waals surface area contributed by atoms with Crippen LogP contribution in [-0.4, -0.2) is 38.0 Å². The molecular weight excluding hydrogens is 344 g/mol. The van der Waals surface area contributed by atoms with Crippen LogP contribution in [0.4, 0.5) is 0 Å². The third kappa shape index (κ3) is 4.79. The van der Waals surface area contributed by atoms with E-state index in [9.17, 15) is 18.0 Å². The maximum absolute atomic E-state index is 12.7. The molecule has 3 N–H and O–H groups in total. The number of sulfonamides is 1. The van der Waals surface area contributed by atoms with Crippen molar-refractivity contribution in [3.8, 4) is 0 Å². The van der Waals surface area contributed by atoms with Crippen LogP contribution in [0.15, 0.2) is 4.90 Å². The average molecular weight is 370 g/mol. The highest BCUT2D eigenvalue weighted by molar-refractivity contribution is 7.89. The lowest BCUT2D eigenvalue weighted by Gasteiger charge is -2.19. The van der Waals surface area contributed by atoms with E-state index in [2.05, 4.69) is 10.0 Å². The van der Waals surface area contributed by atoms with Crippen molar-refractivity contribution in [2.75, 3.05) is 6.54 Å². The summed E-state index contributed by atoms with van der Waals surface area (Å²) in [5, 5.41) is 11.0. The fourth-order valence-electron chi connectivity index (χ4n) is 2.62. The Morgan fingerprint density at radius 1 is 0.960 bits per heavy atom. The fourth-order valence-corrected chi connectivity index (χ4v) is 4.24. The van der Waals surface area contributed by atoms with Gasteiger partial charge in [-0.15, -0.1) is 0 Å². The van der Waals surface area contributed by atoms with Crippen molar-refractivity contribution in [1.29, 1.82) is 0 Å². The van der Waals surface area contributed by atoms with Crippen LogP contribution in [-0.2, 0) is 19.6 Å². The molecule has 0 aliphatic rings. The zero-order valence-corrected chi connectivity index (χ0v) is 16.3. The van der Waals surface area contributed by atoms with Crippen molar-refractivity contribution in [3.05, 3.63) is 27.8 Å². The predicted octanol–water partition coefficient (Wildman–Crippen LogP) is 1.49. The number of carbonyl (C=O) groups is 2. The SMILES string of the molecule is Cc1c(C)c(C)c(S(=O)(=O)NCCC(=O)N[C@@H](C)C(=O)O)c(C)c1C. The number of hydrogen-bond acceptors (Lipinski definition) is 4. The highest BCUT2D eigenvalue weighted by Crippen LogP contribution is 2.29. The first kappa shape index (κ1) is 21.1. The maximum Gasteiger partial charge on any atom is 0.325 e. The van der Waals surface area contributed by atoms with Gasteiger partial charge in [-0.1, -0.05) is 0 Å². The number of amides is 1. The lowest BCUT2D eigenvalue weighted by molar-refractivity contribution is -0.141. The molecule has 0 unspecified atom stereocenters. The van der Waals surface area contributed by atoms with Gasteiger partial charge in [0.1, 0.15) is 6.04 Å². The van der Waals surface area contributed by atoms with Crippen molar-refractivity contribution in [3.63, 3.8) is 0 Å². The van der Waals surface area contributed by atoms with Gasteiger partial charge in [-0.2, -0.15) is 0 Å². The van der Waals surface area contributed by atoms with E-state index >= 15 is 0 Å². The Morgan fingerprint density at radius 2 is 1.40 bits per heavy atom. The summed E-state index contributed by atoms with van der Waals surface area (Å²) in [6.45, 7) is 10.5. The third-order valence-corrected chi connectivity index (χ3v) is 6.33. The monoisotopic (exact) mass is 370 g/mol. The van der Waals surface area contributed by atoms with Crippen molar-refractivity contribution >= 4 is 21.9 Å². The number of carbonyl (C=O) groups excluding carboxylic acids is 1. The van der Waals surface area contributed by atoms with Crippen LogP contribution in [0.1, 0.15) is 41.2 Å². The molecule has 0 aromatic heterocycles. The summed E-state index contributed by atoms with van der Waals surface area (Å²) < 4.78 is 27.8. The number of carboxylic acids is 1. The fraction of sp³-hybridized carbons (Fsp3) is 0.529. The van der Waals surface area contributed by atoms with Crippen molar-refractivity contribution in [2.24, 2.45) is 0 Å². The van der Waals surface area contributed by atoms with Gasteiger partial charge >= 0.3 is 5.97 Å². The summed E-state index contributed by atoms with van der Waals surface area (Å²) in [4.78, 5) is 22.6. The zero-order chi connectivity index (χ0) is 19.5. The van der Waals surface area contributed by atoms with Gasteiger partial charge in [0.2, 0.25) is 15.9 Å². The molecule has 0 aliphatic heterocycles.